The lowest BCUT2D eigenvalue weighted by Gasteiger charge is -2.08. The Bertz CT molecular complexity index is 1120. The van der Waals surface area contributed by atoms with Crippen molar-refractivity contribution in [1.29, 1.82) is 0 Å². The third-order valence-electron chi connectivity index (χ3n) is 8.59. The minimum absolute atomic E-state index is 0.204. The summed E-state index contributed by atoms with van der Waals surface area (Å²) in [7, 11) is 3.44. The van der Waals surface area contributed by atoms with Crippen LogP contribution in [0.15, 0.2) is 15.9 Å². The lowest BCUT2D eigenvalue weighted by molar-refractivity contribution is -0.121. The van der Waals surface area contributed by atoms with Gasteiger partial charge in [-0.2, -0.15) is 0 Å². The van der Waals surface area contributed by atoms with E-state index >= 15 is 0 Å². The molecule has 0 fully saturated rings. The quantitative estimate of drug-likeness (QED) is 0.115. The molecule has 0 aliphatic rings. The smallest absolute Gasteiger partial charge is 0.332 e. The molecule has 0 atom stereocenters. The molecule has 1 N–H and O–H groups in total. The van der Waals surface area contributed by atoms with Gasteiger partial charge in [-0.15, -0.1) is 0 Å². The first-order chi connectivity index (χ1) is 20.5. The van der Waals surface area contributed by atoms with Crippen molar-refractivity contribution >= 4 is 17.1 Å². The monoisotopic (exact) mass is 587 g/mol. The molecule has 8 heteroatoms. The number of nitrogens with one attached hydrogen (secondary N) is 1. The summed E-state index contributed by atoms with van der Waals surface area (Å²) >= 11 is 0. The van der Waals surface area contributed by atoms with Crippen molar-refractivity contribution < 1.29 is 4.79 Å². The molecule has 240 valence electrons. The molecule has 0 saturated heterocycles. The summed E-state index contributed by atoms with van der Waals surface area (Å²) in [5.41, 5.74) is 0.360. The van der Waals surface area contributed by atoms with Crippen molar-refractivity contribution in [3.05, 3.63) is 27.2 Å². The van der Waals surface area contributed by atoms with Crippen molar-refractivity contribution in [2.75, 3.05) is 6.54 Å². The highest BCUT2D eigenvalue weighted by molar-refractivity contribution is 5.75. The van der Waals surface area contributed by atoms with Gasteiger partial charge in [0.25, 0.3) is 5.56 Å². The Kier molecular flexibility index (Phi) is 18.9. The SMILES string of the molecule is CCCCCCCCCCCCCCCCNC(=O)CCCCCCCCCCn1c(=O)c2c(ncn2C)n(C)c1=O. The highest BCUT2D eigenvalue weighted by atomic mass is 16.2. The van der Waals surface area contributed by atoms with E-state index in [1.807, 2.05) is 0 Å². The van der Waals surface area contributed by atoms with E-state index < -0.39 is 0 Å². The first kappa shape index (κ1) is 35.8. The van der Waals surface area contributed by atoms with Crippen LogP contribution in [0.3, 0.4) is 0 Å². The van der Waals surface area contributed by atoms with Crippen molar-refractivity contribution in [1.82, 2.24) is 24.0 Å². The van der Waals surface area contributed by atoms with E-state index in [4.69, 9.17) is 0 Å². The molecular weight excluding hydrogens is 526 g/mol. The number of fused-ring (bicyclic) bond motifs is 1. The minimum atomic E-state index is -0.296. The molecule has 0 unspecified atom stereocenters. The van der Waals surface area contributed by atoms with E-state index in [9.17, 15) is 14.4 Å². The minimum Gasteiger partial charge on any atom is -0.356 e. The molecule has 0 saturated carbocycles. The van der Waals surface area contributed by atoms with Gasteiger partial charge in [0.15, 0.2) is 11.2 Å². The van der Waals surface area contributed by atoms with Crippen LogP contribution >= 0.6 is 0 Å². The first-order valence-electron chi connectivity index (χ1n) is 17.3. The van der Waals surface area contributed by atoms with Crippen LogP contribution in [-0.4, -0.2) is 31.1 Å². The number of hydrogen-bond donors (Lipinski definition) is 1. The third-order valence-corrected chi connectivity index (χ3v) is 8.59. The van der Waals surface area contributed by atoms with E-state index in [2.05, 4.69) is 17.2 Å². The van der Waals surface area contributed by atoms with Crippen LogP contribution in [0.2, 0.25) is 0 Å². The van der Waals surface area contributed by atoms with Crippen molar-refractivity contribution in [3.63, 3.8) is 0 Å². The average Bonchev–Trinajstić information content (AvgIpc) is 3.38. The fourth-order valence-corrected chi connectivity index (χ4v) is 5.85. The first-order valence-corrected chi connectivity index (χ1v) is 17.3. The Morgan fingerprint density at radius 2 is 1.17 bits per heavy atom. The highest BCUT2D eigenvalue weighted by Crippen LogP contribution is 2.13. The fourth-order valence-electron chi connectivity index (χ4n) is 5.85. The second-order valence-electron chi connectivity index (χ2n) is 12.4. The highest BCUT2D eigenvalue weighted by Gasteiger charge is 2.14. The number of hydrogen-bond acceptors (Lipinski definition) is 4. The number of imidazole rings is 1. The number of rotatable bonds is 26. The largest absolute Gasteiger partial charge is 0.356 e. The molecule has 2 heterocycles. The summed E-state index contributed by atoms with van der Waals surface area (Å²) in [6.45, 7) is 3.55. The number of nitrogens with zero attached hydrogens (tertiary/aromatic N) is 4. The van der Waals surface area contributed by atoms with Crippen molar-refractivity contribution in [3.8, 4) is 0 Å². The van der Waals surface area contributed by atoms with Gasteiger partial charge in [-0.25, -0.2) is 9.78 Å². The standard InChI is InChI=1S/C34H61N5O3/c1-4-5-6-7-8-9-10-11-12-13-15-18-21-24-27-35-30(40)26-23-20-17-14-16-19-22-25-28-39-33(41)31-32(36-29-37(31)2)38(3)34(39)42/h29H,4-28H2,1-3H3,(H,35,40). The Hall–Kier alpha value is -2.38. The maximum Gasteiger partial charge on any atom is 0.332 e. The van der Waals surface area contributed by atoms with E-state index in [1.165, 1.54) is 99.0 Å². The zero-order valence-corrected chi connectivity index (χ0v) is 27.3. The molecule has 2 aromatic heterocycles. The van der Waals surface area contributed by atoms with Gasteiger partial charge in [0.05, 0.1) is 6.33 Å². The van der Waals surface area contributed by atoms with Crippen LogP contribution < -0.4 is 16.6 Å². The number of amides is 1. The van der Waals surface area contributed by atoms with Crippen LogP contribution in [0.5, 0.6) is 0 Å². The Labute approximate surface area is 254 Å². The normalized spacial score (nSPS) is 11.5. The Balaban J connectivity index is 1.35. The Morgan fingerprint density at radius 3 is 1.71 bits per heavy atom. The van der Waals surface area contributed by atoms with Crippen LogP contribution in [0.25, 0.3) is 11.2 Å². The van der Waals surface area contributed by atoms with Gasteiger partial charge in [-0.05, 0) is 19.3 Å². The van der Waals surface area contributed by atoms with Crippen LogP contribution in [0, 0.1) is 0 Å². The van der Waals surface area contributed by atoms with Gasteiger partial charge in [0, 0.05) is 33.6 Å². The van der Waals surface area contributed by atoms with Gasteiger partial charge >= 0.3 is 5.69 Å². The molecule has 0 aliphatic heterocycles. The summed E-state index contributed by atoms with van der Waals surface area (Å²) < 4.78 is 4.48. The van der Waals surface area contributed by atoms with Crippen molar-refractivity contribution in [2.45, 2.75) is 161 Å². The lowest BCUT2D eigenvalue weighted by atomic mass is 10.0. The maximum absolute atomic E-state index is 12.7. The van der Waals surface area contributed by atoms with E-state index in [0.717, 1.165) is 57.9 Å². The molecule has 0 aromatic carbocycles. The summed E-state index contributed by atoms with van der Waals surface area (Å²) in [5, 5.41) is 3.10. The zero-order chi connectivity index (χ0) is 30.4. The average molecular weight is 588 g/mol. The van der Waals surface area contributed by atoms with Gasteiger partial charge in [-0.3, -0.25) is 18.7 Å². The third kappa shape index (κ3) is 13.7. The molecule has 2 rings (SSSR count). The number of unbranched alkanes of at least 4 members (excludes halogenated alkanes) is 20. The Morgan fingerprint density at radius 1 is 0.690 bits per heavy atom. The molecule has 0 aliphatic carbocycles. The van der Waals surface area contributed by atoms with E-state index in [1.54, 1.807) is 25.0 Å². The van der Waals surface area contributed by atoms with Crippen LogP contribution in [-0.2, 0) is 25.4 Å². The van der Waals surface area contributed by atoms with Crippen LogP contribution in [0.4, 0.5) is 0 Å². The molecule has 1 amide bonds. The molecule has 8 nitrogen and oxygen atoms in total. The summed E-state index contributed by atoms with van der Waals surface area (Å²) in [4.78, 5) is 41.6. The molecular formula is C34H61N5O3. The predicted octanol–water partition coefficient (Wildman–Crippen LogP) is 7.54. The maximum atomic E-state index is 12.7. The zero-order valence-electron chi connectivity index (χ0n) is 27.3. The topological polar surface area (TPSA) is 90.9 Å². The van der Waals surface area contributed by atoms with E-state index in [0.29, 0.717) is 24.1 Å². The number of carbonyl (C=O) groups excluding carboxylic acids is 1. The van der Waals surface area contributed by atoms with E-state index in [-0.39, 0.29) is 17.2 Å². The van der Waals surface area contributed by atoms with Crippen molar-refractivity contribution in [2.24, 2.45) is 14.1 Å². The second kappa shape index (κ2) is 22.2. The van der Waals surface area contributed by atoms with Gasteiger partial charge in [-0.1, -0.05) is 129 Å². The van der Waals surface area contributed by atoms with Gasteiger partial charge < -0.3 is 9.88 Å². The van der Waals surface area contributed by atoms with Gasteiger partial charge in [0.1, 0.15) is 0 Å². The summed E-state index contributed by atoms with van der Waals surface area (Å²) in [5.74, 6) is 0.204. The molecule has 42 heavy (non-hydrogen) atoms. The number of aromatic nitrogens is 4. The molecule has 0 spiro atoms. The number of aryl methyl sites for hydroxylation is 2. The summed E-state index contributed by atoms with van der Waals surface area (Å²) in [6.07, 6.45) is 29.7. The van der Waals surface area contributed by atoms with Crippen LogP contribution in [0.1, 0.15) is 155 Å². The molecule has 0 radical (unpaired) electrons. The summed E-state index contributed by atoms with van der Waals surface area (Å²) in [6, 6.07) is 0. The molecule has 0 bridgehead atoms. The van der Waals surface area contributed by atoms with Gasteiger partial charge in [0.2, 0.25) is 5.91 Å². The lowest BCUT2D eigenvalue weighted by Crippen LogP contribution is -2.39. The predicted molar refractivity (Wildman–Crippen MR) is 175 cm³/mol. The molecule has 2 aromatic rings. The fraction of sp³-hybridized carbons (Fsp3) is 0.824. The second-order valence-corrected chi connectivity index (χ2v) is 12.4. The number of carbonyl (C=O) groups is 1.